The topological polar surface area (TPSA) is 120 Å². The second-order valence-electron chi connectivity index (χ2n) is 8.08. The number of benzene rings is 1. The van der Waals surface area contributed by atoms with Gasteiger partial charge in [0, 0.05) is 30.3 Å². The first-order chi connectivity index (χ1) is 16.4. The first-order valence-electron chi connectivity index (χ1n) is 10.6. The van der Waals surface area contributed by atoms with E-state index in [4.69, 9.17) is 26.2 Å². The van der Waals surface area contributed by atoms with Crippen LogP contribution in [0.4, 0.5) is 13.2 Å². The number of amides is 1. The molecule has 2 aromatic rings. The fraction of sp³-hybridized carbons (Fsp3) is 0.348. The fourth-order valence-corrected chi connectivity index (χ4v) is 4.22. The number of halogens is 4. The molecule has 0 unspecified atom stereocenters. The zero-order valence-electron chi connectivity index (χ0n) is 18.2. The molecule has 5 rings (SSSR count). The second-order valence-corrected chi connectivity index (χ2v) is 8.49. The molecule has 1 aromatic heterocycles. The molecule has 1 atom stereocenters. The SMILES string of the molecule is O=C(N[C@H]1CN2CCC1CC2)c1ccc(-c2cc(C(F)(F)F)ccc2Cl)o1.O=C(O)/C=C/C(=O)O. The Morgan fingerprint density at radius 1 is 1.06 bits per heavy atom. The lowest BCUT2D eigenvalue weighted by Crippen LogP contribution is -2.57. The van der Waals surface area contributed by atoms with E-state index in [0.29, 0.717) is 18.1 Å². The number of hydrogen-bond acceptors (Lipinski definition) is 5. The molecule has 35 heavy (non-hydrogen) atoms. The van der Waals surface area contributed by atoms with Crippen LogP contribution in [-0.2, 0) is 15.8 Å². The lowest BCUT2D eigenvalue weighted by Gasteiger charge is -2.44. The van der Waals surface area contributed by atoms with Crippen molar-refractivity contribution >= 4 is 29.4 Å². The molecule has 4 heterocycles. The van der Waals surface area contributed by atoms with Crippen molar-refractivity contribution in [1.29, 1.82) is 0 Å². The van der Waals surface area contributed by atoms with E-state index >= 15 is 0 Å². The molecule has 0 spiro atoms. The Bertz CT molecular complexity index is 1110. The van der Waals surface area contributed by atoms with Crippen molar-refractivity contribution in [3.05, 3.63) is 58.8 Å². The molecule has 3 aliphatic heterocycles. The molecule has 3 saturated heterocycles. The average molecular weight is 515 g/mol. The summed E-state index contributed by atoms with van der Waals surface area (Å²) in [5, 5.41) is 18.7. The standard InChI is InChI=1S/C19H18ClF3N2O2.C4H4O4/c20-14-2-1-12(19(21,22)23)9-13(14)16-3-4-17(27-16)18(26)24-15-10-25-7-5-11(15)6-8-25;5-3(6)1-2-4(7)8/h1-4,9,11,15H,5-8,10H2,(H,24,26);1-2H,(H,5,6)(H,7,8)/b;2-1+/t15-;/m0./s1. The minimum Gasteiger partial charge on any atom is -0.478 e. The van der Waals surface area contributed by atoms with Gasteiger partial charge in [0.05, 0.1) is 10.6 Å². The largest absolute Gasteiger partial charge is 0.478 e. The number of alkyl halides is 3. The summed E-state index contributed by atoms with van der Waals surface area (Å²) in [4.78, 5) is 33.9. The minimum absolute atomic E-state index is 0.0647. The smallest absolute Gasteiger partial charge is 0.416 e. The number of fused-ring (bicyclic) bond motifs is 3. The molecule has 12 heteroatoms. The maximum absolute atomic E-state index is 12.9. The van der Waals surface area contributed by atoms with Crippen LogP contribution < -0.4 is 5.32 Å². The van der Waals surface area contributed by atoms with Crippen molar-refractivity contribution in [3.8, 4) is 11.3 Å². The van der Waals surface area contributed by atoms with Gasteiger partial charge in [0.2, 0.25) is 0 Å². The summed E-state index contributed by atoms with van der Waals surface area (Å²) in [6.45, 7) is 2.95. The Hall–Kier alpha value is -3.31. The lowest BCUT2D eigenvalue weighted by atomic mass is 9.84. The summed E-state index contributed by atoms with van der Waals surface area (Å²) in [7, 11) is 0. The van der Waals surface area contributed by atoms with Gasteiger partial charge in [0.1, 0.15) is 5.76 Å². The summed E-state index contributed by atoms with van der Waals surface area (Å²) < 4.78 is 44.3. The van der Waals surface area contributed by atoms with E-state index < -0.39 is 23.7 Å². The third-order valence-corrected chi connectivity index (χ3v) is 6.06. The summed E-state index contributed by atoms with van der Waals surface area (Å²) >= 11 is 6.03. The van der Waals surface area contributed by atoms with E-state index in [9.17, 15) is 27.6 Å². The molecule has 0 saturated carbocycles. The van der Waals surface area contributed by atoms with Crippen molar-refractivity contribution < 1.29 is 42.2 Å². The molecule has 0 aliphatic carbocycles. The van der Waals surface area contributed by atoms with Crippen molar-refractivity contribution in [2.45, 2.75) is 25.1 Å². The van der Waals surface area contributed by atoms with Gasteiger partial charge in [-0.3, -0.25) is 4.79 Å². The Kier molecular flexibility index (Phi) is 8.23. The van der Waals surface area contributed by atoms with Crippen LogP contribution in [0.25, 0.3) is 11.3 Å². The quantitative estimate of drug-likeness (QED) is 0.512. The first-order valence-corrected chi connectivity index (χ1v) is 11.0. The molecular weight excluding hydrogens is 493 g/mol. The van der Waals surface area contributed by atoms with E-state index in [0.717, 1.165) is 44.6 Å². The van der Waals surface area contributed by atoms with E-state index in [1.54, 1.807) is 0 Å². The Morgan fingerprint density at radius 2 is 1.69 bits per heavy atom. The van der Waals surface area contributed by atoms with Gasteiger partial charge in [-0.05, 0) is 62.2 Å². The van der Waals surface area contributed by atoms with Crippen LogP contribution >= 0.6 is 11.6 Å². The lowest BCUT2D eigenvalue weighted by molar-refractivity contribution is -0.137. The number of rotatable bonds is 5. The maximum atomic E-state index is 12.9. The molecule has 1 amide bonds. The number of hydrogen-bond donors (Lipinski definition) is 3. The number of furan rings is 1. The number of aliphatic carboxylic acids is 2. The molecule has 2 bridgehead atoms. The summed E-state index contributed by atoms with van der Waals surface area (Å²) in [6.07, 6.45) is -1.24. The number of piperidine rings is 3. The minimum atomic E-state index is -4.48. The normalized spacial score (nSPS) is 21.3. The Labute approximate surface area is 203 Å². The number of carboxylic acids is 2. The van der Waals surface area contributed by atoms with Gasteiger partial charge in [-0.15, -0.1) is 0 Å². The van der Waals surface area contributed by atoms with Crippen LogP contribution in [0.2, 0.25) is 5.02 Å². The van der Waals surface area contributed by atoms with Gasteiger partial charge in [0.25, 0.3) is 5.91 Å². The molecule has 1 aromatic carbocycles. The van der Waals surface area contributed by atoms with Crippen molar-refractivity contribution in [3.63, 3.8) is 0 Å². The number of carbonyl (C=O) groups excluding carboxylic acids is 1. The molecular formula is C23H22ClF3N2O6. The van der Waals surface area contributed by atoms with Crippen molar-refractivity contribution in [1.82, 2.24) is 10.2 Å². The first kappa shape index (κ1) is 26.3. The highest BCUT2D eigenvalue weighted by Crippen LogP contribution is 2.36. The molecule has 0 radical (unpaired) electrons. The Balaban J connectivity index is 0.000000371. The zero-order valence-corrected chi connectivity index (χ0v) is 19.0. The third-order valence-electron chi connectivity index (χ3n) is 5.73. The van der Waals surface area contributed by atoms with Gasteiger partial charge < -0.3 is 24.8 Å². The van der Waals surface area contributed by atoms with E-state index in [-0.39, 0.29) is 34.1 Å². The Morgan fingerprint density at radius 3 is 2.20 bits per heavy atom. The van der Waals surface area contributed by atoms with Crippen LogP contribution in [0.3, 0.4) is 0 Å². The number of nitrogens with zero attached hydrogens (tertiary/aromatic N) is 1. The number of carboxylic acid groups (broad SMARTS) is 2. The van der Waals surface area contributed by atoms with E-state index in [1.165, 1.54) is 18.2 Å². The van der Waals surface area contributed by atoms with E-state index in [2.05, 4.69) is 10.2 Å². The van der Waals surface area contributed by atoms with Crippen LogP contribution in [0, 0.1) is 5.92 Å². The van der Waals surface area contributed by atoms with Crippen LogP contribution in [0.5, 0.6) is 0 Å². The second kappa shape index (κ2) is 11.0. The van der Waals surface area contributed by atoms with Gasteiger partial charge >= 0.3 is 18.1 Å². The third kappa shape index (κ3) is 7.09. The van der Waals surface area contributed by atoms with Gasteiger partial charge in [-0.1, -0.05) is 11.6 Å². The molecule has 3 fully saturated rings. The number of carbonyl (C=O) groups is 3. The van der Waals surface area contributed by atoms with Crippen LogP contribution in [-0.4, -0.2) is 58.6 Å². The van der Waals surface area contributed by atoms with Gasteiger partial charge in [-0.25, -0.2) is 9.59 Å². The van der Waals surface area contributed by atoms with Gasteiger partial charge in [0.15, 0.2) is 5.76 Å². The van der Waals surface area contributed by atoms with Crippen molar-refractivity contribution in [2.24, 2.45) is 5.92 Å². The molecule has 188 valence electrons. The average Bonchev–Trinajstić information content (AvgIpc) is 3.29. The van der Waals surface area contributed by atoms with Gasteiger partial charge in [-0.2, -0.15) is 13.2 Å². The number of nitrogens with one attached hydrogen (secondary N) is 1. The van der Waals surface area contributed by atoms with Crippen LogP contribution in [0.15, 0.2) is 46.9 Å². The maximum Gasteiger partial charge on any atom is 0.416 e. The zero-order chi connectivity index (χ0) is 25.8. The summed E-state index contributed by atoms with van der Waals surface area (Å²) in [5.41, 5.74) is -0.718. The predicted molar refractivity (Wildman–Crippen MR) is 119 cm³/mol. The predicted octanol–water partition coefficient (Wildman–Crippen LogP) is 4.15. The fourth-order valence-electron chi connectivity index (χ4n) is 4.01. The molecule has 3 N–H and O–H groups in total. The van der Waals surface area contributed by atoms with E-state index in [1.807, 2.05) is 0 Å². The highest BCUT2D eigenvalue weighted by molar-refractivity contribution is 6.33. The summed E-state index contributed by atoms with van der Waals surface area (Å²) in [6, 6.07) is 6.02. The highest BCUT2D eigenvalue weighted by atomic mass is 35.5. The molecule has 8 nitrogen and oxygen atoms in total. The monoisotopic (exact) mass is 514 g/mol. The molecule has 3 aliphatic rings. The highest BCUT2D eigenvalue weighted by Gasteiger charge is 2.35. The van der Waals surface area contributed by atoms with Crippen molar-refractivity contribution in [2.75, 3.05) is 19.6 Å². The van der Waals surface area contributed by atoms with Crippen LogP contribution in [0.1, 0.15) is 29.0 Å². The summed E-state index contributed by atoms with van der Waals surface area (Å²) in [5.74, 6) is -2.21.